The second kappa shape index (κ2) is 8.99. The first-order chi connectivity index (χ1) is 15.3. The summed E-state index contributed by atoms with van der Waals surface area (Å²) in [5, 5.41) is 10.0. The molecule has 0 unspecified atom stereocenters. The van der Waals surface area contributed by atoms with E-state index in [4.69, 9.17) is 4.74 Å². The number of benzene rings is 2. The van der Waals surface area contributed by atoms with E-state index in [0.717, 1.165) is 54.6 Å². The highest BCUT2D eigenvalue weighted by atomic mass is 32.1. The van der Waals surface area contributed by atoms with Gasteiger partial charge in [-0.3, -0.25) is 4.79 Å². The van der Waals surface area contributed by atoms with Gasteiger partial charge >= 0.3 is 5.56 Å². The van der Waals surface area contributed by atoms with Gasteiger partial charge < -0.3 is 10.1 Å². The lowest BCUT2D eigenvalue weighted by Gasteiger charge is -2.22. The smallest absolute Gasteiger partial charge is 0.300 e. The van der Waals surface area contributed by atoms with E-state index in [9.17, 15) is 4.79 Å². The van der Waals surface area contributed by atoms with E-state index in [0.29, 0.717) is 10.7 Å². The van der Waals surface area contributed by atoms with Crippen LogP contribution in [-0.2, 0) is 0 Å². The predicted octanol–water partition coefficient (Wildman–Crippen LogP) is 4.25. The molecule has 0 radical (unpaired) electrons. The van der Waals surface area contributed by atoms with Gasteiger partial charge in [0.25, 0.3) is 0 Å². The Hall–Kier alpha value is -3.03. The fourth-order valence-electron chi connectivity index (χ4n) is 3.97. The summed E-state index contributed by atoms with van der Waals surface area (Å²) < 4.78 is 7.72. The molecule has 0 spiro atoms. The Balaban J connectivity index is 1.35. The molecule has 2 aromatic carbocycles. The Bertz CT molecular complexity index is 1210. The first-order valence-electron chi connectivity index (χ1n) is 10.7. The molecule has 3 heterocycles. The van der Waals surface area contributed by atoms with Crippen LogP contribution in [0.3, 0.4) is 0 Å². The number of fused-ring (bicyclic) bond motifs is 1. The van der Waals surface area contributed by atoms with Gasteiger partial charge in [-0.25, -0.2) is 4.52 Å². The van der Waals surface area contributed by atoms with E-state index >= 15 is 0 Å². The van der Waals surface area contributed by atoms with E-state index in [2.05, 4.69) is 15.4 Å². The normalized spacial score (nSPS) is 14.7. The number of nitrogens with one attached hydrogen (secondary N) is 1. The number of hydrogen-bond donors (Lipinski definition) is 1. The maximum atomic E-state index is 12.4. The molecule has 31 heavy (non-hydrogen) atoms. The molecule has 0 aliphatic carbocycles. The average molecular weight is 433 g/mol. The second-order valence-corrected chi connectivity index (χ2v) is 8.64. The third kappa shape index (κ3) is 4.38. The van der Waals surface area contributed by atoms with Crippen LogP contribution in [0.15, 0.2) is 64.8 Å². The number of hydrogen-bond acceptors (Lipinski definition) is 6. The SMILES string of the molecule is O=c1nc2scc(-c3ccc(OCCC4CCNCC4)cc3)n2nc1-c1ccccc1. The minimum atomic E-state index is -0.308. The average Bonchev–Trinajstić information content (AvgIpc) is 3.23. The van der Waals surface area contributed by atoms with Crippen molar-refractivity contribution in [2.75, 3.05) is 19.7 Å². The number of nitrogens with zero attached hydrogens (tertiary/aromatic N) is 3. The molecule has 1 aliphatic heterocycles. The summed E-state index contributed by atoms with van der Waals surface area (Å²) in [5.74, 6) is 1.64. The van der Waals surface area contributed by atoms with Crippen molar-refractivity contribution >= 4 is 16.3 Å². The number of thiazole rings is 1. The van der Waals surface area contributed by atoms with Crippen molar-refractivity contribution in [3.05, 3.63) is 70.3 Å². The minimum absolute atomic E-state index is 0.308. The summed E-state index contributed by atoms with van der Waals surface area (Å²) in [6.45, 7) is 2.99. The van der Waals surface area contributed by atoms with Crippen LogP contribution in [0.4, 0.5) is 0 Å². The Kier molecular flexibility index (Phi) is 5.78. The van der Waals surface area contributed by atoms with Gasteiger partial charge in [0.2, 0.25) is 4.96 Å². The molecule has 158 valence electrons. The monoisotopic (exact) mass is 432 g/mol. The Morgan fingerprint density at radius 3 is 2.58 bits per heavy atom. The number of rotatable bonds is 6. The van der Waals surface area contributed by atoms with Crippen LogP contribution in [0.5, 0.6) is 5.75 Å². The molecule has 1 saturated heterocycles. The Morgan fingerprint density at radius 2 is 1.81 bits per heavy atom. The van der Waals surface area contributed by atoms with Gasteiger partial charge in [0.05, 0.1) is 12.3 Å². The van der Waals surface area contributed by atoms with Crippen molar-refractivity contribution < 1.29 is 4.74 Å². The van der Waals surface area contributed by atoms with Gasteiger partial charge in [0.15, 0.2) is 5.69 Å². The van der Waals surface area contributed by atoms with E-state index in [1.807, 2.05) is 60.0 Å². The fraction of sp³-hybridized carbons (Fsp3) is 0.292. The van der Waals surface area contributed by atoms with Crippen LogP contribution in [0.2, 0.25) is 0 Å². The lowest BCUT2D eigenvalue weighted by Crippen LogP contribution is -2.28. The highest BCUT2D eigenvalue weighted by Gasteiger charge is 2.14. The summed E-state index contributed by atoms with van der Waals surface area (Å²) >= 11 is 1.41. The molecule has 7 heteroatoms. The first kappa shape index (κ1) is 19.9. The van der Waals surface area contributed by atoms with Crippen LogP contribution in [0.25, 0.3) is 27.5 Å². The molecule has 0 bridgehead atoms. The fourth-order valence-corrected chi connectivity index (χ4v) is 4.80. The molecule has 2 aromatic heterocycles. The third-order valence-corrected chi connectivity index (χ3v) is 6.55. The molecular weight excluding hydrogens is 408 g/mol. The zero-order valence-electron chi connectivity index (χ0n) is 17.2. The Labute approximate surface area is 184 Å². The Morgan fingerprint density at radius 1 is 1.03 bits per heavy atom. The van der Waals surface area contributed by atoms with E-state index in [1.54, 1.807) is 4.52 Å². The van der Waals surface area contributed by atoms with Crippen molar-refractivity contribution in [3.8, 4) is 28.3 Å². The van der Waals surface area contributed by atoms with Crippen LogP contribution in [0, 0.1) is 5.92 Å². The van der Waals surface area contributed by atoms with Gasteiger partial charge in [-0.2, -0.15) is 10.1 Å². The summed E-state index contributed by atoms with van der Waals surface area (Å²) in [4.78, 5) is 17.3. The predicted molar refractivity (Wildman–Crippen MR) is 124 cm³/mol. The quantitative estimate of drug-likeness (QED) is 0.493. The molecule has 0 atom stereocenters. The topological polar surface area (TPSA) is 68.5 Å². The molecule has 1 aliphatic rings. The molecule has 1 N–H and O–H groups in total. The zero-order valence-corrected chi connectivity index (χ0v) is 18.0. The van der Waals surface area contributed by atoms with Crippen molar-refractivity contribution in [1.29, 1.82) is 0 Å². The van der Waals surface area contributed by atoms with Crippen molar-refractivity contribution in [2.24, 2.45) is 5.92 Å². The summed E-state index contributed by atoms with van der Waals surface area (Å²) in [6, 6.07) is 17.5. The first-order valence-corrected chi connectivity index (χ1v) is 11.5. The number of aromatic nitrogens is 3. The molecule has 0 saturated carbocycles. The summed E-state index contributed by atoms with van der Waals surface area (Å²) in [7, 11) is 0. The van der Waals surface area contributed by atoms with Crippen molar-refractivity contribution in [2.45, 2.75) is 19.3 Å². The van der Waals surface area contributed by atoms with E-state index in [1.165, 1.54) is 24.2 Å². The molecule has 1 fully saturated rings. The summed E-state index contributed by atoms with van der Waals surface area (Å²) in [5.41, 5.74) is 2.73. The number of piperidine rings is 1. The van der Waals surface area contributed by atoms with Gasteiger partial charge in [0, 0.05) is 16.5 Å². The van der Waals surface area contributed by atoms with Crippen molar-refractivity contribution in [1.82, 2.24) is 19.9 Å². The van der Waals surface area contributed by atoms with Gasteiger partial charge in [0.1, 0.15) is 5.75 Å². The third-order valence-electron chi connectivity index (χ3n) is 5.74. The van der Waals surface area contributed by atoms with Crippen LogP contribution < -0.4 is 15.6 Å². The molecule has 0 amide bonds. The molecular formula is C24H24N4O2S. The molecule has 5 rings (SSSR count). The number of ether oxygens (including phenoxy) is 1. The maximum absolute atomic E-state index is 12.4. The summed E-state index contributed by atoms with van der Waals surface area (Å²) in [6.07, 6.45) is 3.58. The highest BCUT2D eigenvalue weighted by Crippen LogP contribution is 2.27. The minimum Gasteiger partial charge on any atom is -0.494 e. The molecule has 4 aromatic rings. The van der Waals surface area contributed by atoms with E-state index < -0.39 is 0 Å². The lowest BCUT2D eigenvalue weighted by molar-refractivity contribution is 0.252. The van der Waals surface area contributed by atoms with Gasteiger partial charge in [-0.1, -0.05) is 30.3 Å². The van der Waals surface area contributed by atoms with Crippen molar-refractivity contribution in [3.63, 3.8) is 0 Å². The van der Waals surface area contributed by atoms with Crippen LogP contribution in [-0.4, -0.2) is 34.3 Å². The maximum Gasteiger partial charge on any atom is 0.300 e. The zero-order chi connectivity index (χ0) is 21.0. The van der Waals surface area contributed by atoms with Crippen LogP contribution in [0.1, 0.15) is 19.3 Å². The van der Waals surface area contributed by atoms with Gasteiger partial charge in [-0.05, 0) is 62.5 Å². The largest absolute Gasteiger partial charge is 0.494 e. The van der Waals surface area contributed by atoms with Gasteiger partial charge in [-0.15, -0.1) is 11.3 Å². The van der Waals surface area contributed by atoms with E-state index in [-0.39, 0.29) is 5.56 Å². The second-order valence-electron chi connectivity index (χ2n) is 7.80. The lowest BCUT2D eigenvalue weighted by atomic mass is 9.95. The highest BCUT2D eigenvalue weighted by molar-refractivity contribution is 7.15. The van der Waals surface area contributed by atoms with Crippen LogP contribution >= 0.6 is 11.3 Å². The molecule has 6 nitrogen and oxygen atoms in total. The standard InChI is InChI=1S/C24H24N4O2S/c29-23-22(19-4-2-1-3-5-19)27-28-21(16-31-24(28)26-23)18-6-8-20(9-7-18)30-15-12-17-10-13-25-14-11-17/h1-9,16-17,25H,10-15H2.